The minimum absolute atomic E-state index is 0.190. The zero-order chi connectivity index (χ0) is 19.3. The van der Waals surface area contributed by atoms with Gasteiger partial charge < -0.3 is 9.88 Å². The van der Waals surface area contributed by atoms with Crippen molar-refractivity contribution in [1.82, 2.24) is 14.9 Å². The Morgan fingerprint density at radius 3 is 2.41 bits per heavy atom. The summed E-state index contributed by atoms with van der Waals surface area (Å²) in [5, 5.41) is 2.71. The highest BCUT2D eigenvalue weighted by atomic mass is 19.4. The molecule has 0 fully saturated rings. The summed E-state index contributed by atoms with van der Waals surface area (Å²) in [5.41, 5.74) is 0.558. The molecule has 2 aromatic carbocycles. The number of halogens is 3. The molecule has 0 aliphatic carbocycles. The lowest BCUT2D eigenvalue weighted by Crippen LogP contribution is -2.26. The van der Waals surface area contributed by atoms with Crippen molar-refractivity contribution in [2.45, 2.75) is 19.1 Å². The Labute approximate surface area is 154 Å². The summed E-state index contributed by atoms with van der Waals surface area (Å²) >= 11 is 0. The van der Waals surface area contributed by atoms with E-state index in [0.717, 1.165) is 23.5 Å². The fraction of sp³-hybridized carbons (Fsp3) is 0.200. The second-order valence-electron chi connectivity index (χ2n) is 6.04. The number of hydrogen-bond acceptors (Lipinski definition) is 2. The van der Waals surface area contributed by atoms with Gasteiger partial charge in [-0.05, 0) is 29.8 Å². The fourth-order valence-corrected chi connectivity index (χ4v) is 2.69. The Balaban J connectivity index is 1.54. The van der Waals surface area contributed by atoms with Gasteiger partial charge in [0.05, 0.1) is 5.56 Å². The number of alkyl halides is 3. The molecule has 0 saturated carbocycles. The Morgan fingerprint density at radius 2 is 1.74 bits per heavy atom. The van der Waals surface area contributed by atoms with E-state index in [-0.39, 0.29) is 5.56 Å². The van der Waals surface area contributed by atoms with E-state index in [0.29, 0.717) is 19.5 Å². The van der Waals surface area contributed by atoms with Crippen LogP contribution < -0.4 is 5.32 Å². The summed E-state index contributed by atoms with van der Waals surface area (Å²) in [5.74, 6) is 0.413. The van der Waals surface area contributed by atoms with Crippen LogP contribution >= 0.6 is 0 Å². The van der Waals surface area contributed by atoms with Gasteiger partial charge in [-0.15, -0.1) is 0 Å². The van der Waals surface area contributed by atoms with E-state index in [9.17, 15) is 18.0 Å². The summed E-state index contributed by atoms with van der Waals surface area (Å²) in [7, 11) is 0. The van der Waals surface area contributed by atoms with Crippen LogP contribution in [0, 0.1) is 0 Å². The van der Waals surface area contributed by atoms with Crippen LogP contribution in [0.3, 0.4) is 0 Å². The molecular weight excluding hydrogens is 355 g/mol. The number of nitrogens with zero attached hydrogens (tertiary/aromatic N) is 2. The summed E-state index contributed by atoms with van der Waals surface area (Å²) in [6.45, 7) is 1.02. The fourth-order valence-electron chi connectivity index (χ4n) is 2.69. The van der Waals surface area contributed by atoms with Gasteiger partial charge in [0.1, 0.15) is 5.82 Å². The van der Waals surface area contributed by atoms with E-state index >= 15 is 0 Å². The minimum atomic E-state index is -4.41. The van der Waals surface area contributed by atoms with Crippen LogP contribution in [0.4, 0.5) is 13.2 Å². The molecule has 0 aliphatic heterocycles. The number of carbonyl (C=O) groups is 1. The van der Waals surface area contributed by atoms with Crippen molar-refractivity contribution >= 4 is 5.91 Å². The second kappa shape index (κ2) is 8.07. The largest absolute Gasteiger partial charge is 0.416 e. The minimum Gasteiger partial charge on any atom is -0.352 e. The van der Waals surface area contributed by atoms with E-state index in [4.69, 9.17) is 0 Å². The number of benzene rings is 2. The monoisotopic (exact) mass is 373 g/mol. The molecule has 0 atom stereocenters. The highest BCUT2D eigenvalue weighted by Crippen LogP contribution is 2.29. The third-order valence-electron chi connectivity index (χ3n) is 4.11. The molecule has 7 heteroatoms. The number of rotatable bonds is 6. The molecule has 1 amide bonds. The zero-order valence-electron chi connectivity index (χ0n) is 14.4. The lowest BCUT2D eigenvalue weighted by molar-refractivity contribution is -0.137. The molecule has 140 valence electrons. The normalized spacial score (nSPS) is 11.4. The highest BCUT2D eigenvalue weighted by molar-refractivity contribution is 5.94. The first-order valence-corrected chi connectivity index (χ1v) is 8.43. The van der Waals surface area contributed by atoms with Crippen LogP contribution in [-0.2, 0) is 19.1 Å². The maximum absolute atomic E-state index is 12.6. The number of carbonyl (C=O) groups excluding carboxylic acids is 1. The molecule has 27 heavy (non-hydrogen) atoms. The Bertz CT molecular complexity index is 887. The topological polar surface area (TPSA) is 46.9 Å². The third-order valence-corrected chi connectivity index (χ3v) is 4.11. The van der Waals surface area contributed by atoms with Crippen LogP contribution in [0.2, 0.25) is 0 Å². The summed E-state index contributed by atoms with van der Waals surface area (Å²) in [4.78, 5) is 16.4. The average molecular weight is 373 g/mol. The first kappa shape index (κ1) is 18.7. The molecule has 0 radical (unpaired) electrons. The summed E-state index contributed by atoms with van der Waals surface area (Å²) in [6, 6.07) is 14.1. The number of imidazole rings is 1. The van der Waals surface area contributed by atoms with Gasteiger partial charge in [0.25, 0.3) is 5.91 Å². The first-order chi connectivity index (χ1) is 12.9. The summed E-state index contributed by atoms with van der Waals surface area (Å²) < 4.78 is 39.7. The molecule has 0 aliphatic rings. The predicted molar refractivity (Wildman–Crippen MR) is 95.3 cm³/mol. The smallest absolute Gasteiger partial charge is 0.352 e. The van der Waals surface area contributed by atoms with Crippen molar-refractivity contribution in [3.63, 3.8) is 0 Å². The van der Waals surface area contributed by atoms with Gasteiger partial charge in [-0.2, -0.15) is 13.2 Å². The molecule has 1 heterocycles. The van der Waals surface area contributed by atoms with E-state index in [1.165, 1.54) is 12.1 Å². The Hall–Kier alpha value is -3.09. The van der Waals surface area contributed by atoms with Crippen LogP contribution in [0.15, 0.2) is 67.0 Å². The van der Waals surface area contributed by atoms with Gasteiger partial charge >= 0.3 is 6.18 Å². The molecule has 1 N–H and O–H groups in total. The van der Waals surface area contributed by atoms with Crippen LogP contribution in [-0.4, -0.2) is 22.0 Å². The van der Waals surface area contributed by atoms with Crippen molar-refractivity contribution in [1.29, 1.82) is 0 Å². The Kier molecular flexibility index (Phi) is 5.59. The predicted octanol–water partition coefficient (Wildman–Crippen LogP) is 3.92. The third kappa shape index (κ3) is 4.97. The maximum Gasteiger partial charge on any atom is 0.416 e. The average Bonchev–Trinajstić information content (AvgIpc) is 3.09. The Morgan fingerprint density at radius 1 is 1.04 bits per heavy atom. The molecule has 0 unspecified atom stereocenters. The van der Waals surface area contributed by atoms with E-state index in [1.807, 2.05) is 41.1 Å². The van der Waals surface area contributed by atoms with Gasteiger partial charge in [0.15, 0.2) is 0 Å². The maximum atomic E-state index is 12.6. The van der Waals surface area contributed by atoms with Gasteiger partial charge in [-0.3, -0.25) is 4.79 Å². The van der Waals surface area contributed by atoms with Gasteiger partial charge in [0, 0.05) is 37.5 Å². The number of aromatic nitrogens is 2. The number of nitrogens with one attached hydrogen (secondary N) is 1. The van der Waals surface area contributed by atoms with E-state index in [2.05, 4.69) is 10.3 Å². The van der Waals surface area contributed by atoms with E-state index < -0.39 is 17.6 Å². The molecule has 0 spiro atoms. The van der Waals surface area contributed by atoms with Crippen LogP contribution in [0.25, 0.3) is 0 Å². The molecule has 4 nitrogen and oxygen atoms in total. The number of amides is 1. The van der Waals surface area contributed by atoms with Crippen molar-refractivity contribution in [2.75, 3.05) is 6.54 Å². The highest BCUT2D eigenvalue weighted by Gasteiger charge is 2.30. The van der Waals surface area contributed by atoms with Crippen molar-refractivity contribution in [2.24, 2.45) is 0 Å². The second-order valence-corrected chi connectivity index (χ2v) is 6.04. The number of hydrogen-bond donors (Lipinski definition) is 1. The quantitative estimate of drug-likeness (QED) is 0.712. The van der Waals surface area contributed by atoms with Crippen molar-refractivity contribution < 1.29 is 18.0 Å². The molecule has 0 saturated heterocycles. The zero-order valence-corrected chi connectivity index (χ0v) is 14.4. The SMILES string of the molecule is O=C(NCCc1nccn1Cc1ccccc1)c1ccc(C(F)(F)F)cc1. The lowest BCUT2D eigenvalue weighted by atomic mass is 10.1. The van der Waals surface area contributed by atoms with Crippen molar-refractivity contribution in [3.05, 3.63) is 89.5 Å². The van der Waals surface area contributed by atoms with Gasteiger partial charge in [-0.25, -0.2) is 4.98 Å². The molecule has 0 bridgehead atoms. The van der Waals surface area contributed by atoms with Crippen LogP contribution in [0.5, 0.6) is 0 Å². The van der Waals surface area contributed by atoms with Crippen LogP contribution in [0.1, 0.15) is 27.3 Å². The molecule has 3 rings (SSSR count). The first-order valence-electron chi connectivity index (χ1n) is 8.43. The van der Waals surface area contributed by atoms with E-state index in [1.54, 1.807) is 6.20 Å². The summed E-state index contributed by atoms with van der Waals surface area (Å²) in [6.07, 6.45) is -0.312. The molecule has 3 aromatic rings. The molecular formula is C20H18F3N3O. The van der Waals surface area contributed by atoms with Crippen molar-refractivity contribution in [3.8, 4) is 0 Å². The standard InChI is InChI=1S/C20H18F3N3O/c21-20(22,23)17-8-6-16(7-9-17)19(27)25-11-10-18-24-12-13-26(18)14-15-4-2-1-3-5-15/h1-9,12-13H,10-11,14H2,(H,25,27). The lowest BCUT2D eigenvalue weighted by Gasteiger charge is -2.10. The van der Waals surface area contributed by atoms with Gasteiger partial charge in [-0.1, -0.05) is 30.3 Å². The molecule has 1 aromatic heterocycles. The van der Waals surface area contributed by atoms with Gasteiger partial charge in [0.2, 0.25) is 0 Å².